The molecule has 1 aromatic rings. The van der Waals surface area contributed by atoms with E-state index in [-0.39, 0.29) is 13.0 Å². The second-order valence-electron chi connectivity index (χ2n) is 4.63. The van der Waals surface area contributed by atoms with Gasteiger partial charge >= 0.3 is 6.03 Å². The standard InChI is InChI=1S/C12H12FN3O3/c13-6-1-2-9-8(3-6)12(4-7(5-14)19-9)10(17)15-11(18)16-12/h1-3,7H,4-5,14H2,(H2,15,16,17,18). The number of amides is 3. The summed E-state index contributed by atoms with van der Waals surface area (Å²) in [6.45, 7) is 0.196. The smallest absolute Gasteiger partial charge is 0.322 e. The zero-order valence-corrected chi connectivity index (χ0v) is 9.90. The quantitative estimate of drug-likeness (QED) is 0.622. The van der Waals surface area contributed by atoms with Gasteiger partial charge in [0.15, 0.2) is 5.54 Å². The van der Waals surface area contributed by atoms with Gasteiger partial charge in [0.25, 0.3) is 5.91 Å². The van der Waals surface area contributed by atoms with Crippen molar-refractivity contribution in [1.29, 1.82) is 0 Å². The fourth-order valence-electron chi connectivity index (χ4n) is 2.57. The Morgan fingerprint density at radius 1 is 1.47 bits per heavy atom. The van der Waals surface area contributed by atoms with Crippen LogP contribution in [0, 0.1) is 5.82 Å². The third-order valence-corrected chi connectivity index (χ3v) is 3.43. The summed E-state index contributed by atoms with van der Waals surface area (Å²) in [6.07, 6.45) is -0.237. The van der Waals surface area contributed by atoms with Crippen LogP contribution in [-0.2, 0) is 10.3 Å². The predicted octanol–water partition coefficient (Wildman–Crippen LogP) is -0.0298. The maximum Gasteiger partial charge on any atom is 0.322 e. The topological polar surface area (TPSA) is 93.5 Å². The molecule has 1 aromatic carbocycles. The van der Waals surface area contributed by atoms with Crippen LogP contribution in [0.5, 0.6) is 5.75 Å². The van der Waals surface area contributed by atoms with Crippen LogP contribution in [-0.4, -0.2) is 24.6 Å². The summed E-state index contributed by atoms with van der Waals surface area (Å²) >= 11 is 0. The van der Waals surface area contributed by atoms with Gasteiger partial charge in [0.2, 0.25) is 0 Å². The molecule has 1 fully saturated rings. The molecule has 2 aliphatic rings. The number of hydrogen-bond acceptors (Lipinski definition) is 4. The van der Waals surface area contributed by atoms with Crippen molar-refractivity contribution < 1.29 is 18.7 Å². The number of carbonyl (C=O) groups is 2. The van der Waals surface area contributed by atoms with Gasteiger partial charge in [0.1, 0.15) is 17.7 Å². The molecule has 0 radical (unpaired) electrons. The Bertz CT molecular complexity index is 577. The number of carbonyl (C=O) groups excluding carboxylic acids is 2. The molecule has 19 heavy (non-hydrogen) atoms. The summed E-state index contributed by atoms with van der Waals surface area (Å²) < 4.78 is 19.0. The van der Waals surface area contributed by atoms with E-state index in [1.165, 1.54) is 18.2 Å². The molecule has 7 heteroatoms. The molecule has 0 aliphatic carbocycles. The van der Waals surface area contributed by atoms with Crippen molar-refractivity contribution in [2.24, 2.45) is 5.73 Å². The molecule has 100 valence electrons. The number of halogens is 1. The van der Waals surface area contributed by atoms with Gasteiger partial charge < -0.3 is 15.8 Å². The molecule has 2 aliphatic heterocycles. The molecule has 3 rings (SSSR count). The lowest BCUT2D eigenvalue weighted by atomic mass is 9.82. The molecular formula is C12H12FN3O3. The summed E-state index contributed by atoms with van der Waals surface area (Å²) in [5, 5.41) is 4.74. The minimum absolute atomic E-state index is 0.178. The van der Waals surface area contributed by atoms with Crippen molar-refractivity contribution in [3.63, 3.8) is 0 Å². The van der Waals surface area contributed by atoms with E-state index in [0.29, 0.717) is 11.3 Å². The van der Waals surface area contributed by atoms with E-state index in [4.69, 9.17) is 10.5 Å². The van der Waals surface area contributed by atoms with Gasteiger partial charge in [0.05, 0.1) is 0 Å². The molecule has 6 nitrogen and oxygen atoms in total. The average Bonchev–Trinajstić information content (AvgIpc) is 2.65. The van der Waals surface area contributed by atoms with Crippen molar-refractivity contribution in [2.45, 2.75) is 18.1 Å². The van der Waals surface area contributed by atoms with Crippen LogP contribution in [0.4, 0.5) is 9.18 Å². The van der Waals surface area contributed by atoms with Gasteiger partial charge in [-0.05, 0) is 18.2 Å². The Morgan fingerprint density at radius 3 is 2.89 bits per heavy atom. The first-order chi connectivity index (χ1) is 9.05. The number of ether oxygens (including phenoxy) is 1. The Morgan fingerprint density at radius 2 is 2.26 bits per heavy atom. The number of fused-ring (bicyclic) bond motifs is 2. The fourth-order valence-corrected chi connectivity index (χ4v) is 2.57. The van der Waals surface area contributed by atoms with Crippen LogP contribution in [0.25, 0.3) is 0 Å². The van der Waals surface area contributed by atoms with Gasteiger partial charge in [-0.15, -0.1) is 0 Å². The largest absolute Gasteiger partial charge is 0.489 e. The molecule has 2 unspecified atom stereocenters. The second kappa shape index (κ2) is 3.92. The maximum atomic E-state index is 13.4. The van der Waals surface area contributed by atoms with E-state index >= 15 is 0 Å². The van der Waals surface area contributed by atoms with Gasteiger partial charge in [-0.2, -0.15) is 0 Å². The zero-order valence-electron chi connectivity index (χ0n) is 9.90. The lowest BCUT2D eigenvalue weighted by molar-refractivity contribution is -0.126. The highest BCUT2D eigenvalue weighted by molar-refractivity contribution is 6.07. The SMILES string of the molecule is NCC1CC2(NC(=O)NC2=O)c2cc(F)ccc2O1. The highest BCUT2D eigenvalue weighted by Gasteiger charge is 2.53. The number of nitrogens with two attached hydrogens (primary N) is 1. The number of imide groups is 1. The van der Waals surface area contributed by atoms with Crippen molar-refractivity contribution in [3.05, 3.63) is 29.6 Å². The van der Waals surface area contributed by atoms with Gasteiger partial charge in [-0.25, -0.2) is 9.18 Å². The van der Waals surface area contributed by atoms with Gasteiger partial charge in [-0.1, -0.05) is 0 Å². The van der Waals surface area contributed by atoms with Gasteiger partial charge in [0, 0.05) is 18.5 Å². The van der Waals surface area contributed by atoms with Crippen LogP contribution < -0.4 is 21.1 Å². The first kappa shape index (κ1) is 11.9. The van der Waals surface area contributed by atoms with E-state index in [1.807, 2.05) is 0 Å². The number of hydrogen-bond donors (Lipinski definition) is 3. The molecule has 0 saturated carbocycles. The summed E-state index contributed by atoms with van der Waals surface area (Å²) in [4.78, 5) is 23.5. The van der Waals surface area contributed by atoms with Crippen molar-refractivity contribution in [3.8, 4) is 5.75 Å². The maximum absolute atomic E-state index is 13.4. The van der Waals surface area contributed by atoms with Crippen molar-refractivity contribution >= 4 is 11.9 Å². The Balaban J connectivity index is 2.17. The van der Waals surface area contributed by atoms with E-state index < -0.39 is 29.4 Å². The first-order valence-electron chi connectivity index (χ1n) is 5.85. The normalized spacial score (nSPS) is 28.6. The van der Waals surface area contributed by atoms with E-state index in [0.717, 1.165) is 0 Å². The molecule has 2 atom stereocenters. The van der Waals surface area contributed by atoms with E-state index in [2.05, 4.69) is 10.6 Å². The average molecular weight is 265 g/mol. The monoisotopic (exact) mass is 265 g/mol. The summed E-state index contributed by atoms with van der Waals surface area (Å²) in [5.74, 6) is -0.645. The van der Waals surface area contributed by atoms with E-state index in [1.54, 1.807) is 0 Å². The van der Waals surface area contributed by atoms with Gasteiger partial charge in [-0.3, -0.25) is 10.1 Å². The second-order valence-corrected chi connectivity index (χ2v) is 4.63. The Labute approximate surface area is 108 Å². The highest BCUT2D eigenvalue weighted by Crippen LogP contribution is 2.41. The molecular weight excluding hydrogens is 253 g/mol. The molecule has 1 saturated heterocycles. The highest BCUT2D eigenvalue weighted by atomic mass is 19.1. The fraction of sp³-hybridized carbons (Fsp3) is 0.333. The molecule has 0 aromatic heterocycles. The summed E-state index contributed by atoms with van der Waals surface area (Å²) in [6, 6.07) is 3.28. The predicted molar refractivity (Wildman–Crippen MR) is 62.8 cm³/mol. The van der Waals surface area contributed by atoms with Crippen LogP contribution >= 0.6 is 0 Å². The minimum atomic E-state index is -1.29. The lowest BCUT2D eigenvalue weighted by Crippen LogP contribution is -2.51. The van der Waals surface area contributed by atoms with Crippen LogP contribution in [0.3, 0.4) is 0 Å². The number of benzene rings is 1. The third kappa shape index (κ3) is 1.66. The first-order valence-corrected chi connectivity index (χ1v) is 5.85. The molecule has 2 heterocycles. The molecule has 3 amide bonds. The molecule has 1 spiro atoms. The Hall–Kier alpha value is -2.15. The third-order valence-electron chi connectivity index (χ3n) is 3.43. The van der Waals surface area contributed by atoms with Crippen LogP contribution in [0.15, 0.2) is 18.2 Å². The summed E-state index contributed by atoms with van der Waals surface area (Å²) in [5.41, 5.74) is 4.60. The molecule has 4 N–H and O–H groups in total. The lowest BCUT2D eigenvalue weighted by Gasteiger charge is -2.37. The van der Waals surface area contributed by atoms with Crippen LogP contribution in [0.2, 0.25) is 0 Å². The number of urea groups is 1. The van der Waals surface area contributed by atoms with Crippen molar-refractivity contribution in [2.75, 3.05) is 6.54 Å². The number of rotatable bonds is 1. The molecule has 0 bridgehead atoms. The van der Waals surface area contributed by atoms with E-state index in [9.17, 15) is 14.0 Å². The Kier molecular flexibility index (Phi) is 2.46. The number of nitrogens with one attached hydrogen (secondary N) is 2. The minimum Gasteiger partial charge on any atom is -0.489 e. The van der Waals surface area contributed by atoms with Crippen LogP contribution in [0.1, 0.15) is 12.0 Å². The zero-order chi connectivity index (χ0) is 13.6. The van der Waals surface area contributed by atoms with Crippen molar-refractivity contribution in [1.82, 2.24) is 10.6 Å². The summed E-state index contributed by atoms with van der Waals surface area (Å²) in [7, 11) is 0.